The highest BCUT2D eigenvalue weighted by molar-refractivity contribution is 6.30. The van der Waals surface area contributed by atoms with E-state index < -0.39 is 5.97 Å². The van der Waals surface area contributed by atoms with Gasteiger partial charge in [-0.1, -0.05) is 17.7 Å². The number of carboxylic acid groups (broad SMARTS) is 1. The van der Waals surface area contributed by atoms with Gasteiger partial charge in [0.1, 0.15) is 5.69 Å². The summed E-state index contributed by atoms with van der Waals surface area (Å²) < 4.78 is 1.65. The van der Waals surface area contributed by atoms with E-state index in [2.05, 4.69) is 9.97 Å². The number of rotatable bonds is 3. The monoisotopic (exact) mass is 251 g/mol. The third kappa shape index (κ3) is 2.29. The van der Waals surface area contributed by atoms with Gasteiger partial charge in [-0.05, 0) is 12.1 Å². The van der Waals surface area contributed by atoms with Crippen molar-refractivity contribution in [1.29, 1.82) is 0 Å². The first-order valence-corrected chi connectivity index (χ1v) is 5.31. The van der Waals surface area contributed by atoms with Crippen LogP contribution in [0.25, 0.3) is 11.5 Å². The van der Waals surface area contributed by atoms with Crippen molar-refractivity contribution in [3.8, 4) is 11.5 Å². The Balaban J connectivity index is 2.48. The lowest BCUT2D eigenvalue weighted by atomic mass is 10.3. The topological polar surface area (TPSA) is 68.0 Å². The van der Waals surface area contributed by atoms with Crippen molar-refractivity contribution >= 4 is 17.6 Å². The van der Waals surface area contributed by atoms with Gasteiger partial charge in [0.15, 0.2) is 11.0 Å². The Morgan fingerprint density at radius 3 is 2.88 bits per heavy atom. The fourth-order valence-corrected chi connectivity index (χ4v) is 1.83. The summed E-state index contributed by atoms with van der Waals surface area (Å²) in [4.78, 5) is 19.0. The van der Waals surface area contributed by atoms with Crippen molar-refractivity contribution < 1.29 is 9.90 Å². The van der Waals surface area contributed by atoms with Gasteiger partial charge in [-0.3, -0.25) is 9.78 Å². The minimum Gasteiger partial charge on any atom is -0.481 e. The number of carbonyl (C=O) groups is 1. The van der Waals surface area contributed by atoms with Crippen LogP contribution in [0.5, 0.6) is 0 Å². The Hall–Kier alpha value is -1.88. The highest BCUT2D eigenvalue weighted by Gasteiger charge is 2.17. The van der Waals surface area contributed by atoms with Crippen LogP contribution < -0.4 is 0 Å². The van der Waals surface area contributed by atoms with Gasteiger partial charge in [0.25, 0.3) is 0 Å². The molecule has 2 heterocycles. The molecule has 1 N–H and O–H groups in total. The van der Waals surface area contributed by atoms with Crippen molar-refractivity contribution in [2.75, 3.05) is 0 Å². The maximum Gasteiger partial charge on any atom is 0.309 e. The zero-order valence-electron chi connectivity index (χ0n) is 9.09. The Bertz CT molecular complexity index is 551. The number of halogens is 1. The Morgan fingerprint density at radius 2 is 2.29 bits per heavy atom. The molecule has 17 heavy (non-hydrogen) atoms. The molecule has 0 aromatic carbocycles. The van der Waals surface area contributed by atoms with Gasteiger partial charge in [-0.25, -0.2) is 4.98 Å². The van der Waals surface area contributed by atoms with Gasteiger partial charge in [0, 0.05) is 13.2 Å². The Labute approximate surface area is 103 Å². The summed E-state index contributed by atoms with van der Waals surface area (Å²) in [5.41, 5.74) is 1.13. The van der Waals surface area contributed by atoms with Crippen LogP contribution in [0.1, 0.15) is 5.69 Å². The zero-order valence-corrected chi connectivity index (χ0v) is 9.85. The lowest BCUT2D eigenvalue weighted by molar-refractivity contribution is -0.136. The third-order valence-electron chi connectivity index (χ3n) is 2.38. The summed E-state index contributed by atoms with van der Waals surface area (Å²) in [7, 11) is 1.72. The smallest absolute Gasteiger partial charge is 0.309 e. The van der Waals surface area contributed by atoms with E-state index in [9.17, 15) is 4.79 Å². The van der Waals surface area contributed by atoms with Crippen LogP contribution in [-0.4, -0.2) is 25.6 Å². The van der Waals surface area contributed by atoms with Gasteiger partial charge in [0.05, 0.1) is 12.1 Å². The average Bonchev–Trinajstić information content (AvgIpc) is 2.58. The summed E-state index contributed by atoms with van der Waals surface area (Å²) >= 11 is 5.92. The van der Waals surface area contributed by atoms with Crippen LogP contribution in [-0.2, 0) is 18.3 Å². The fraction of sp³-hybridized carbons (Fsp3) is 0.182. The van der Waals surface area contributed by atoms with Crippen molar-refractivity contribution in [2.45, 2.75) is 6.42 Å². The molecule has 0 fully saturated rings. The molecule has 0 aliphatic rings. The van der Waals surface area contributed by atoms with E-state index in [4.69, 9.17) is 16.7 Å². The van der Waals surface area contributed by atoms with E-state index in [1.807, 2.05) is 6.07 Å². The van der Waals surface area contributed by atoms with Crippen LogP contribution in [0.2, 0.25) is 5.15 Å². The summed E-state index contributed by atoms with van der Waals surface area (Å²) in [6, 6.07) is 5.43. The molecule has 0 aliphatic carbocycles. The van der Waals surface area contributed by atoms with Gasteiger partial charge in [-0.15, -0.1) is 0 Å². The van der Waals surface area contributed by atoms with Crippen molar-refractivity contribution in [3.63, 3.8) is 0 Å². The van der Waals surface area contributed by atoms with E-state index >= 15 is 0 Å². The first-order chi connectivity index (χ1) is 8.09. The second-order valence-corrected chi connectivity index (χ2v) is 3.88. The van der Waals surface area contributed by atoms with E-state index in [1.165, 1.54) is 0 Å². The fourth-order valence-electron chi connectivity index (χ4n) is 1.56. The normalized spacial score (nSPS) is 10.5. The van der Waals surface area contributed by atoms with Gasteiger partial charge >= 0.3 is 5.97 Å². The molecular weight excluding hydrogens is 242 g/mol. The number of hydrogen-bond acceptors (Lipinski definition) is 3. The first kappa shape index (κ1) is 11.6. The van der Waals surface area contributed by atoms with Crippen molar-refractivity contribution in [3.05, 3.63) is 35.2 Å². The number of imidazole rings is 1. The molecule has 0 amide bonds. The average molecular weight is 252 g/mol. The molecule has 0 bridgehead atoms. The summed E-state index contributed by atoms with van der Waals surface area (Å²) in [6.45, 7) is 0. The molecular formula is C11H10ClN3O2. The summed E-state index contributed by atoms with van der Waals surface area (Å²) in [6.07, 6.45) is 1.49. The molecule has 0 saturated heterocycles. The number of carboxylic acids is 1. The van der Waals surface area contributed by atoms with Crippen LogP contribution in [0.3, 0.4) is 0 Å². The zero-order chi connectivity index (χ0) is 12.4. The van der Waals surface area contributed by atoms with Gasteiger partial charge < -0.3 is 9.67 Å². The number of nitrogens with zero attached hydrogens (tertiary/aromatic N) is 3. The highest BCUT2D eigenvalue weighted by atomic mass is 35.5. The molecule has 0 radical (unpaired) electrons. The predicted molar refractivity (Wildman–Crippen MR) is 62.8 cm³/mol. The molecule has 2 aromatic rings. The standard InChI is InChI=1S/C11H10ClN3O2/c1-15-8(6-9(16)17)10(12)14-11(15)7-4-2-3-5-13-7/h2-5H,6H2,1H3,(H,16,17). The number of hydrogen-bond donors (Lipinski definition) is 1. The Kier molecular flexibility index (Phi) is 3.10. The van der Waals surface area contributed by atoms with E-state index in [0.717, 1.165) is 0 Å². The van der Waals surface area contributed by atoms with E-state index in [0.29, 0.717) is 17.2 Å². The van der Waals surface area contributed by atoms with Crippen LogP contribution >= 0.6 is 11.6 Å². The van der Waals surface area contributed by atoms with Crippen LogP contribution in [0.15, 0.2) is 24.4 Å². The maximum absolute atomic E-state index is 10.7. The highest BCUT2D eigenvalue weighted by Crippen LogP contribution is 2.23. The van der Waals surface area contributed by atoms with E-state index in [1.54, 1.807) is 29.9 Å². The van der Waals surface area contributed by atoms with Gasteiger partial charge in [0.2, 0.25) is 0 Å². The molecule has 88 valence electrons. The molecule has 2 rings (SSSR count). The van der Waals surface area contributed by atoms with Crippen molar-refractivity contribution in [2.24, 2.45) is 7.05 Å². The van der Waals surface area contributed by atoms with Crippen molar-refractivity contribution in [1.82, 2.24) is 14.5 Å². The Morgan fingerprint density at radius 1 is 1.53 bits per heavy atom. The van der Waals surface area contributed by atoms with Crippen LogP contribution in [0.4, 0.5) is 0 Å². The number of pyridine rings is 1. The molecule has 6 heteroatoms. The molecule has 0 unspecified atom stereocenters. The molecule has 0 atom stereocenters. The predicted octanol–water partition coefficient (Wildman–Crippen LogP) is 1.76. The SMILES string of the molecule is Cn1c(-c2ccccn2)nc(Cl)c1CC(=O)O. The lowest BCUT2D eigenvalue weighted by Gasteiger charge is -2.03. The quantitative estimate of drug-likeness (QED) is 0.903. The third-order valence-corrected chi connectivity index (χ3v) is 2.68. The maximum atomic E-state index is 10.7. The lowest BCUT2D eigenvalue weighted by Crippen LogP contribution is -2.06. The molecule has 0 aliphatic heterocycles. The number of aliphatic carboxylic acids is 1. The molecule has 2 aromatic heterocycles. The second kappa shape index (κ2) is 4.55. The van der Waals surface area contributed by atoms with E-state index in [-0.39, 0.29) is 11.6 Å². The molecule has 5 nitrogen and oxygen atoms in total. The van der Waals surface area contributed by atoms with Crippen LogP contribution in [0, 0.1) is 0 Å². The number of aromatic nitrogens is 3. The second-order valence-electron chi connectivity index (χ2n) is 3.52. The molecule has 0 spiro atoms. The van der Waals surface area contributed by atoms with Gasteiger partial charge in [-0.2, -0.15) is 0 Å². The largest absolute Gasteiger partial charge is 0.481 e. The summed E-state index contributed by atoms with van der Waals surface area (Å²) in [5.74, 6) is -0.380. The minimum absolute atomic E-state index is 0.158. The molecule has 0 saturated carbocycles. The summed E-state index contributed by atoms with van der Waals surface area (Å²) in [5, 5.41) is 8.98. The minimum atomic E-state index is -0.942. The first-order valence-electron chi connectivity index (χ1n) is 4.94.